The van der Waals surface area contributed by atoms with Crippen molar-refractivity contribution in [2.45, 2.75) is 55.5 Å². The van der Waals surface area contributed by atoms with Gasteiger partial charge in [0, 0.05) is 66.7 Å². The van der Waals surface area contributed by atoms with Gasteiger partial charge in [0.2, 0.25) is 5.95 Å². The van der Waals surface area contributed by atoms with Crippen molar-refractivity contribution < 1.29 is 31.1 Å². The molecule has 2 aliphatic heterocycles. The van der Waals surface area contributed by atoms with Crippen molar-refractivity contribution in [3.8, 4) is 11.3 Å². The van der Waals surface area contributed by atoms with E-state index in [0.29, 0.717) is 23.7 Å². The van der Waals surface area contributed by atoms with Gasteiger partial charge in [-0.05, 0) is 55.8 Å². The van der Waals surface area contributed by atoms with Crippen LogP contribution in [0.25, 0.3) is 11.3 Å². The zero-order chi connectivity index (χ0) is 29.9. The van der Waals surface area contributed by atoms with Crippen LogP contribution < -0.4 is 10.2 Å². The van der Waals surface area contributed by atoms with Crippen LogP contribution in [0.1, 0.15) is 31.2 Å². The highest BCUT2D eigenvalue weighted by molar-refractivity contribution is 7.97. The summed E-state index contributed by atoms with van der Waals surface area (Å²) in [5.74, 6) is 0.106. The minimum atomic E-state index is -4.80. The predicted octanol–water partition coefficient (Wildman–Crippen LogP) is 5.92. The molecule has 226 valence electrons. The average Bonchev–Trinajstić information content (AvgIpc) is 3.40. The lowest BCUT2D eigenvalue weighted by atomic mass is 9.98. The Morgan fingerprint density at radius 1 is 1.00 bits per heavy atom. The monoisotopic (exact) mass is 613 g/mol. The fourth-order valence-corrected chi connectivity index (χ4v) is 6.09. The van der Waals surface area contributed by atoms with Crippen molar-refractivity contribution in [1.82, 2.24) is 24.1 Å². The molecule has 3 aromatic rings. The van der Waals surface area contributed by atoms with Crippen molar-refractivity contribution in [3.63, 3.8) is 0 Å². The zero-order valence-electron chi connectivity index (χ0n) is 22.4. The second kappa shape index (κ2) is 12.5. The highest BCUT2D eigenvalue weighted by atomic mass is 32.2. The molecule has 0 amide bonds. The quantitative estimate of drug-likeness (QED) is 0.191. The average molecular weight is 614 g/mol. The van der Waals surface area contributed by atoms with Gasteiger partial charge in [-0.3, -0.25) is 4.68 Å². The molecule has 0 saturated carbocycles. The van der Waals surface area contributed by atoms with Gasteiger partial charge in [0.05, 0.1) is 11.9 Å². The topological polar surface area (TPSA) is 79.2 Å². The van der Waals surface area contributed by atoms with Crippen molar-refractivity contribution >= 4 is 29.9 Å². The SMILES string of the molecule is O=CC1CCN(c2cccc(SN3CCC(Nc4ncc(C(F)(F)F)c(-c5cnn(CC(F)(F)F)c5)n4)CC3)c2)CC1. The maximum absolute atomic E-state index is 13.7. The van der Waals surface area contributed by atoms with Gasteiger partial charge in [0.1, 0.15) is 18.4 Å². The molecule has 2 saturated heterocycles. The molecule has 4 heterocycles. The van der Waals surface area contributed by atoms with E-state index < -0.39 is 30.2 Å². The van der Waals surface area contributed by atoms with Crippen LogP contribution in [0.5, 0.6) is 0 Å². The van der Waals surface area contributed by atoms with Crippen LogP contribution in [0, 0.1) is 5.92 Å². The maximum atomic E-state index is 13.7. The molecule has 0 radical (unpaired) electrons. The Morgan fingerprint density at radius 2 is 1.74 bits per heavy atom. The Labute approximate surface area is 242 Å². The molecule has 2 fully saturated rings. The summed E-state index contributed by atoms with van der Waals surface area (Å²) in [6, 6.07) is 8.19. The number of carbonyl (C=O) groups is 1. The van der Waals surface area contributed by atoms with Crippen LogP contribution in [0.4, 0.5) is 38.0 Å². The number of halogens is 6. The summed E-state index contributed by atoms with van der Waals surface area (Å²) in [6.45, 7) is 1.70. The number of aromatic nitrogens is 4. The van der Waals surface area contributed by atoms with E-state index in [2.05, 4.69) is 41.7 Å². The number of piperidine rings is 2. The summed E-state index contributed by atoms with van der Waals surface area (Å²) in [6.07, 6.45) is -2.76. The number of anilines is 2. The second-order valence-electron chi connectivity index (χ2n) is 10.4. The Balaban J connectivity index is 1.20. The first kappa shape index (κ1) is 30.1. The van der Waals surface area contributed by atoms with Crippen molar-refractivity contribution in [3.05, 3.63) is 48.4 Å². The number of rotatable bonds is 8. The van der Waals surface area contributed by atoms with E-state index in [1.165, 1.54) is 0 Å². The predicted molar refractivity (Wildman–Crippen MR) is 146 cm³/mol. The Bertz CT molecular complexity index is 1370. The van der Waals surface area contributed by atoms with Crippen LogP contribution in [0.2, 0.25) is 0 Å². The smallest absolute Gasteiger partial charge is 0.371 e. The van der Waals surface area contributed by atoms with Gasteiger partial charge >= 0.3 is 12.4 Å². The minimum absolute atomic E-state index is 0.0290. The van der Waals surface area contributed by atoms with Gasteiger partial charge in [-0.25, -0.2) is 14.3 Å². The van der Waals surface area contributed by atoms with E-state index in [-0.39, 0.29) is 23.5 Å². The van der Waals surface area contributed by atoms with Crippen LogP contribution in [0.3, 0.4) is 0 Å². The van der Waals surface area contributed by atoms with Gasteiger partial charge in [-0.1, -0.05) is 6.07 Å². The highest BCUT2D eigenvalue weighted by Gasteiger charge is 2.36. The first-order valence-electron chi connectivity index (χ1n) is 13.5. The summed E-state index contributed by atoms with van der Waals surface area (Å²) in [4.78, 5) is 22.3. The van der Waals surface area contributed by atoms with E-state index in [0.717, 1.165) is 68.3 Å². The molecule has 0 spiro atoms. The van der Waals surface area contributed by atoms with Crippen molar-refractivity contribution in [2.75, 3.05) is 36.4 Å². The normalized spacial score (nSPS) is 17.9. The van der Waals surface area contributed by atoms with Crippen molar-refractivity contribution in [2.24, 2.45) is 5.92 Å². The molecule has 1 aromatic carbocycles. The van der Waals surface area contributed by atoms with Gasteiger partial charge in [0.15, 0.2) is 0 Å². The molecule has 15 heteroatoms. The molecule has 1 N–H and O–H groups in total. The van der Waals surface area contributed by atoms with Gasteiger partial charge < -0.3 is 15.0 Å². The molecule has 0 bridgehead atoms. The Hall–Kier alpha value is -3.33. The third kappa shape index (κ3) is 7.73. The largest absolute Gasteiger partial charge is 0.419 e. The molecule has 0 atom stereocenters. The molecule has 42 heavy (non-hydrogen) atoms. The number of hydrogen-bond donors (Lipinski definition) is 1. The molecular formula is C27H29F6N7OS. The van der Waals surface area contributed by atoms with E-state index in [4.69, 9.17) is 0 Å². The maximum Gasteiger partial charge on any atom is 0.419 e. The van der Waals surface area contributed by atoms with E-state index >= 15 is 0 Å². The standard InChI is InChI=1S/C27H29F6N7OS/c28-26(29,30)17-39-15-19(13-35-39)24-23(27(31,32)33)14-34-25(37-24)36-20-6-10-40(11-7-20)42-22-3-1-2-21(12-22)38-8-4-18(16-41)5-9-38/h1-3,12-16,18,20H,4-11,17H2,(H,34,36,37). The molecule has 2 aromatic heterocycles. The number of aldehydes is 1. The van der Waals surface area contributed by atoms with Gasteiger partial charge in [0.25, 0.3) is 0 Å². The third-order valence-electron chi connectivity index (χ3n) is 7.28. The van der Waals surface area contributed by atoms with Crippen LogP contribution in [0.15, 0.2) is 47.8 Å². The molecule has 2 aliphatic rings. The molecule has 5 rings (SSSR count). The lowest BCUT2D eigenvalue weighted by molar-refractivity contribution is -0.142. The number of carbonyl (C=O) groups excluding carboxylic acids is 1. The molecule has 0 aliphatic carbocycles. The summed E-state index contributed by atoms with van der Waals surface area (Å²) in [5.41, 5.74) is -0.739. The zero-order valence-corrected chi connectivity index (χ0v) is 23.2. The highest BCUT2D eigenvalue weighted by Crippen LogP contribution is 2.37. The lowest BCUT2D eigenvalue weighted by Crippen LogP contribution is -2.36. The Morgan fingerprint density at radius 3 is 2.40 bits per heavy atom. The third-order valence-corrected chi connectivity index (χ3v) is 8.37. The first-order valence-corrected chi connectivity index (χ1v) is 14.3. The molecule has 0 unspecified atom stereocenters. The van der Waals surface area contributed by atoms with E-state index in [9.17, 15) is 31.1 Å². The summed E-state index contributed by atoms with van der Waals surface area (Å²) < 4.78 is 81.9. The molecule has 8 nitrogen and oxygen atoms in total. The Kier molecular flexibility index (Phi) is 8.97. The van der Waals surface area contributed by atoms with Crippen LogP contribution in [-0.2, 0) is 17.5 Å². The number of benzene rings is 1. The number of nitrogens with zero attached hydrogens (tertiary/aromatic N) is 6. The van der Waals surface area contributed by atoms with Gasteiger partial charge in [-0.15, -0.1) is 0 Å². The number of hydrogen-bond acceptors (Lipinski definition) is 8. The number of alkyl halides is 6. The number of nitrogens with one attached hydrogen (secondary N) is 1. The van der Waals surface area contributed by atoms with Crippen LogP contribution >= 0.6 is 11.9 Å². The summed E-state index contributed by atoms with van der Waals surface area (Å²) in [5, 5.41) is 6.65. The van der Waals surface area contributed by atoms with Crippen LogP contribution in [-0.4, -0.2) is 68.7 Å². The fraction of sp³-hybridized carbons (Fsp3) is 0.481. The molecular weight excluding hydrogens is 584 g/mol. The minimum Gasteiger partial charge on any atom is -0.371 e. The van der Waals surface area contributed by atoms with E-state index in [1.54, 1.807) is 11.9 Å². The summed E-state index contributed by atoms with van der Waals surface area (Å²) in [7, 11) is 0. The first-order chi connectivity index (χ1) is 20.0. The van der Waals surface area contributed by atoms with Gasteiger partial charge in [-0.2, -0.15) is 31.4 Å². The van der Waals surface area contributed by atoms with E-state index in [1.807, 2.05) is 12.1 Å². The fourth-order valence-electron chi connectivity index (χ4n) is 5.09. The summed E-state index contributed by atoms with van der Waals surface area (Å²) >= 11 is 1.64. The lowest BCUT2D eigenvalue weighted by Gasteiger charge is -2.33. The van der Waals surface area contributed by atoms with Crippen molar-refractivity contribution in [1.29, 1.82) is 0 Å². The second-order valence-corrected chi connectivity index (χ2v) is 11.6.